The summed E-state index contributed by atoms with van der Waals surface area (Å²) in [6.07, 6.45) is 8.23. The Hall–Kier alpha value is -2.12. The first kappa shape index (κ1) is 18.9. The van der Waals surface area contributed by atoms with Gasteiger partial charge in [-0.05, 0) is 49.9 Å². The third-order valence-electron chi connectivity index (χ3n) is 6.20. The summed E-state index contributed by atoms with van der Waals surface area (Å²) < 4.78 is 0.648. The first-order valence-electron chi connectivity index (χ1n) is 10.3. The van der Waals surface area contributed by atoms with Crippen LogP contribution in [0.3, 0.4) is 0 Å². The fraction of sp³-hybridized carbons (Fsp3) is 0.476. The van der Waals surface area contributed by atoms with Crippen LogP contribution >= 0.6 is 22.9 Å². The van der Waals surface area contributed by atoms with Crippen LogP contribution in [0.5, 0.6) is 0 Å². The fourth-order valence-corrected chi connectivity index (χ4v) is 5.58. The minimum atomic E-state index is -0.275. The number of fused-ring (bicyclic) bond motifs is 1. The number of hydrogen-bond donors (Lipinski definition) is 2. The van der Waals surface area contributed by atoms with Crippen molar-refractivity contribution < 1.29 is 4.79 Å². The molecule has 1 aliphatic carbocycles. The molecule has 0 radical (unpaired) electrons. The maximum Gasteiger partial charge on any atom is 0.263 e. The van der Waals surface area contributed by atoms with Gasteiger partial charge in [-0.15, -0.1) is 11.3 Å². The van der Waals surface area contributed by atoms with Crippen molar-refractivity contribution in [2.75, 3.05) is 23.7 Å². The lowest BCUT2D eigenvalue weighted by molar-refractivity contribution is 0.0709. The number of nitrogens with one attached hydrogen (secondary N) is 2. The van der Waals surface area contributed by atoms with E-state index in [9.17, 15) is 4.79 Å². The molecule has 1 saturated carbocycles. The van der Waals surface area contributed by atoms with Gasteiger partial charge in [0.25, 0.3) is 5.91 Å². The molecular weight excluding hydrogens is 406 g/mol. The Labute approximate surface area is 179 Å². The molecule has 6 nitrogen and oxygen atoms in total. The molecule has 1 saturated heterocycles. The van der Waals surface area contributed by atoms with Gasteiger partial charge in [-0.1, -0.05) is 24.4 Å². The summed E-state index contributed by atoms with van der Waals surface area (Å²) in [5.41, 5.74) is 0.727. The topological polar surface area (TPSA) is 69.6 Å². The Morgan fingerprint density at radius 1 is 1.24 bits per heavy atom. The third kappa shape index (κ3) is 3.62. The lowest BCUT2D eigenvalue weighted by Gasteiger charge is -2.46. The van der Waals surface area contributed by atoms with Gasteiger partial charge in [0.15, 0.2) is 5.82 Å². The number of hydrogen-bond acceptors (Lipinski definition) is 5. The molecular formula is C21H24ClN5OS. The van der Waals surface area contributed by atoms with E-state index in [0.717, 1.165) is 43.0 Å². The monoisotopic (exact) mass is 429 g/mol. The third-order valence-corrected chi connectivity index (χ3v) is 7.42. The van der Waals surface area contributed by atoms with Gasteiger partial charge in [0.1, 0.15) is 5.84 Å². The Kier molecular flexibility index (Phi) is 4.95. The Bertz CT molecular complexity index is 944. The average molecular weight is 430 g/mol. The van der Waals surface area contributed by atoms with E-state index in [-0.39, 0.29) is 11.4 Å². The number of likely N-dealkylation sites (tertiary alicyclic amines) is 1. The van der Waals surface area contributed by atoms with Gasteiger partial charge in [-0.3, -0.25) is 9.79 Å². The Morgan fingerprint density at radius 3 is 2.76 bits per heavy atom. The molecule has 2 fully saturated rings. The number of aliphatic imine (C=N–C) groups is 1. The van der Waals surface area contributed by atoms with Crippen molar-refractivity contribution in [2.24, 2.45) is 4.99 Å². The van der Waals surface area contributed by atoms with E-state index in [1.165, 1.54) is 24.2 Å². The molecule has 2 aliphatic heterocycles. The normalized spacial score (nSPS) is 22.4. The highest BCUT2D eigenvalue weighted by atomic mass is 35.5. The highest BCUT2D eigenvalue weighted by molar-refractivity contribution is 7.17. The molecule has 3 aliphatic rings. The quantitative estimate of drug-likeness (QED) is 0.729. The van der Waals surface area contributed by atoms with Crippen molar-refractivity contribution in [2.45, 2.75) is 50.1 Å². The van der Waals surface area contributed by atoms with Crippen LogP contribution < -0.4 is 10.6 Å². The zero-order valence-electron chi connectivity index (χ0n) is 16.2. The van der Waals surface area contributed by atoms with E-state index in [1.807, 2.05) is 17.0 Å². The number of halogens is 1. The summed E-state index contributed by atoms with van der Waals surface area (Å²) in [4.78, 5) is 25.1. The van der Waals surface area contributed by atoms with Crippen LogP contribution in [0, 0.1) is 0 Å². The lowest BCUT2D eigenvalue weighted by atomic mass is 9.84. The molecule has 4 heterocycles. The summed E-state index contributed by atoms with van der Waals surface area (Å²) in [7, 11) is 0. The molecule has 2 N–H and O–H groups in total. The minimum absolute atomic E-state index is 0.0665. The van der Waals surface area contributed by atoms with Gasteiger partial charge < -0.3 is 15.5 Å². The van der Waals surface area contributed by atoms with Crippen LogP contribution in [-0.4, -0.2) is 46.3 Å². The predicted molar refractivity (Wildman–Crippen MR) is 118 cm³/mol. The first-order chi connectivity index (χ1) is 14.1. The SMILES string of the molecule is O=C(c1ccc(Cl)s1)N1CCC2(CC1)Nc1cccnc1NC2=NC1CCCC1. The number of anilines is 2. The molecule has 8 heteroatoms. The number of carbonyl (C=O) groups is 1. The zero-order valence-corrected chi connectivity index (χ0v) is 17.7. The number of amidine groups is 1. The van der Waals surface area contributed by atoms with E-state index in [2.05, 4.69) is 21.7 Å². The number of pyridine rings is 1. The van der Waals surface area contributed by atoms with E-state index >= 15 is 0 Å². The van der Waals surface area contributed by atoms with Crippen LogP contribution in [-0.2, 0) is 0 Å². The number of rotatable bonds is 2. The number of piperidine rings is 1. The summed E-state index contributed by atoms with van der Waals surface area (Å²) in [5.74, 6) is 1.89. The Balaban J connectivity index is 1.39. The van der Waals surface area contributed by atoms with E-state index < -0.39 is 0 Å². The van der Waals surface area contributed by atoms with E-state index in [0.29, 0.717) is 28.3 Å². The van der Waals surface area contributed by atoms with Crippen molar-refractivity contribution in [1.29, 1.82) is 0 Å². The molecule has 0 bridgehead atoms. The van der Waals surface area contributed by atoms with Crippen molar-refractivity contribution in [3.8, 4) is 0 Å². The number of amides is 1. The molecule has 29 heavy (non-hydrogen) atoms. The first-order valence-corrected chi connectivity index (χ1v) is 11.5. The van der Waals surface area contributed by atoms with Gasteiger partial charge in [0.2, 0.25) is 0 Å². The van der Waals surface area contributed by atoms with Crippen molar-refractivity contribution in [1.82, 2.24) is 9.88 Å². The van der Waals surface area contributed by atoms with Crippen LogP contribution in [0.1, 0.15) is 48.2 Å². The van der Waals surface area contributed by atoms with Crippen molar-refractivity contribution in [3.05, 3.63) is 39.7 Å². The van der Waals surface area contributed by atoms with Gasteiger partial charge in [0.05, 0.1) is 26.5 Å². The predicted octanol–water partition coefficient (Wildman–Crippen LogP) is 4.65. The number of carbonyl (C=O) groups excluding carboxylic acids is 1. The average Bonchev–Trinajstić information content (AvgIpc) is 3.40. The summed E-state index contributed by atoms with van der Waals surface area (Å²) in [5, 5.41) is 7.25. The second-order valence-electron chi connectivity index (χ2n) is 8.04. The van der Waals surface area contributed by atoms with E-state index in [1.54, 1.807) is 12.3 Å². The molecule has 1 spiro atoms. The van der Waals surface area contributed by atoms with Crippen LogP contribution in [0.4, 0.5) is 11.5 Å². The molecule has 5 rings (SSSR count). The van der Waals surface area contributed by atoms with Crippen LogP contribution in [0.15, 0.2) is 35.5 Å². The second kappa shape index (κ2) is 7.61. The highest BCUT2D eigenvalue weighted by Gasteiger charge is 2.44. The van der Waals surface area contributed by atoms with E-state index in [4.69, 9.17) is 16.6 Å². The summed E-state index contributed by atoms with van der Waals surface area (Å²) in [6.45, 7) is 1.37. The highest BCUT2D eigenvalue weighted by Crippen LogP contribution is 2.37. The van der Waals surface area contributed by atoms with Crippen molar-refractivity contribution >= 4 is 46.2 Å². The summed E-state index contributed by atoms with van der Waals surface area (Å²) in [6, 6.07) is 7.98. The standard InChI is InChI=1S/C21H24ClN5OS/c22-17-8-7-16(29-17)19(28)27-12-9-21(10-13-27)20(24-14-4-1-2-5-14)25-18-15(26-21)6-3-11-23-18/h3,6-8,11,14,26H,1-2,4-5,9-10,12-13H2,(H,23,24,25). The smallest absolute Gasteiger partial charge is 0.263 e. The minimum Gasteiger partial charge on any atom is -0.370 e. The molecule has 1 amide bonds. The number of nitrogens with zero attached hydrogens (tertiary/aromatic N) is 3. The van der Waals surface area contributed by atoms with Crippen LogP contribution in [0.2, 0.25) is 4.34 Å². The van der Waals surface area contributed by atoms with Gasteiger partial charge >= 0.3 is 0 Å². The Morgan fingerprint density at radius 2 is 2.03 bits per heavy atom. The lowest BCUT2D eigenvalue weighted by Crippen LogP contribution is -2.59. The maximum atomic E-state index is 12.8. The second-order valence-corrected chi connectivity index (χ2v) is 9.76. The molecule has 152 valence electrons. The molecule has 0 aromatic carbocycles. The maximum absolute atomic E-state index is 12.8. The number of aromatic nitrogens is 1. The van der Waals surface area contributed by atoms with Gasteiger partial charge in [0, 0.05) is 19.3 Å². The molecule has 2 aromatic rings. The zero-order chi connectivity index (χ0) is 19.8. The molecule has 0 unspecified atom stereocenters. The molecule has 2 aromatic heterocycles. The van der Waals surface area contributed by atoms with Crippen LogP contribution in [0.25, 0.3) is 0 Å². The summed E-state index contributed by atoms with van der Waals surface area (Å²) >= 11 is 7.36. The van der Waals surface area contributed by atoms with Crippen molar-refractivity contribution in [3.63, 3.8) is 0 Å². The number of thiophene rings is 1. The van der Waals surface area contributed by atoms with Gasteiger partial charge in [-0.2, -0.15) is 0 Å². The molecule has 0 atom stereocenters. The fourth-order valence-electron chi connectivity index (χ4n) is 4.56. The largest absolute Gasteiger partial charge is 0.370 e. The van der Waals surface area contributed by atoms with Gasteiger partial charge in [-0.25, -0.2) is 4.98 Å².